The molecule has 3 heteroatoms. The van der Waals surface area contributed by atoms with Crippen LogP contribution in [0.5, 0.6) is 0 Å². The number of anilines is 1. The minimum atomic E-state index is 0.377. The normalized spacial score (nSPS) is 25.9. The van der Waals surface area contributed by atoms with Gasteiger partial charge in [-0.15, -0.1) is 0 Å². The zero-order valence-electron chi connectivity index (χ0n) is 9.91. The number of aryl methyl sites for hydroxylation is 1. The van der Waals surface area contributed by atoms with Gasteiger partial charge in [-0.2, -0.15) is 0 Å². The third kappa shape index (κ3) is 2.41. The average Bonchev–Trinajstić information content (AvgIpc) is 2.19. The number of rotatable bonds is 1. The first-order valence-corrected chi connectivity index (χ1v) is 6.65. The van der Waals surface area contributed by atoms with E-state index in [1.54, 1.807) is 0 Å². The van der Waals surface area contributed by atoms with E-state index in [1.165, 1.54) is 11.3 Å². The van der Waals surface area contributed by atoms with Crippen molar-refractivity contribution in [2.75, 3.05) is 11.4 Å². The summed E-state index contributed by atoms with van der Waals surface area (Å²) in [5, 5.41) is 0. The molecule has 2 atom stereocenters. The molecule has 0 aliphatic carbocycles. The van der Waals surface area contributed by atoms with Gasteiger partial charge in [0.15, 0.2) is 0 Å². The molecule has 0 saturated carbocycles. The van der Waals surface area contributed by atoms with Crippen LogP contribution in [0.4, 0.5) is 5.69 Å². The second kappa shape index (κ2) is 4.76. The first-order chi connectivity index (χ1) is 7.58. The van der Waals surface area contributed by atoms with Gasteiger partial charge in [-0.1, -0.05) is 15.9 Å². The van der Waals surface area contributed by atoms with Crippen molar-refractivity contribution < 1.29 is 0 Å². The fraction of sp³-hybridized carbons (Fsp3) is 0.538. The van der Waals surface area contributed by atoms with Crippen molar-refractivity contribution in [3.8, 4) is 0 Å². The number of piperidine rings is 1. The second-order valence-electron chi connectivity index (χ2n) is 4.76. The molecule has 0 amide bonds. The van der Waals surface area contributed by atoms with Crippen molar-refractivity contribution in [1.29, 1.82) is 0 Å². The monoisotopic (exact) mass is 282 g/mol. The van der Waals surface area contributed by atoms with E-state index >= 15 is 0 Å². The van der Waals surface area contributed by atoms with Crippen LogP contribution in [0.25, 0.3) is 0 Å². The van der Waals surface area contributed by atoms with Crippen LogP contribution in [0.2, 0.25) is 0 Å². The zero-order chi connectivity index (χ0) is 11.7. The molecule has 1 saturated heterocycles. The summed E-state index contributed by atoms with van der Waals surface area (Å²) in [7, 11) is 0. The second-order valence-corrected chi connectivity index (χ2v) is 5.67. The summed E-state index contributed by atoms with van der Waals surface area (Å²) in [6, 6.07) is 7.41. The molecule has 1 heterocycles. The Labute approximate surface area is 106 Å². The van der Waals surface area contributed by atoms with E-state index in [-0.39, 0.29) is 0 Å². The maximum atomic E-state index is 5.99. The van der Waals surface area contributed by atoms with Gasteiger partial charge < -0.3 is 10.6 Å². The summed E-state index contributed by atoms with van der Waals surface area (Å²) in [5.41, 5.74) is 8.67. The molecular formula is C13H19BrN2. The Morgan fingerprint density at radius 1 is 1.44 bits per heavy atom. The van der Waals surface area contributed by atoms with Gasteiger partial charge in [-0.05, 0) is 50.5 Å². The van der Waals surface area contributed by atoms with Crippen molar-refractivity contribution in [2.45, 2.75) is 38.8 Å². The number of hydrogen-bond acceptors (Lipinski definition) is 2. The largest absolute Gasteiger partial charge is 0.368 e. The molecule has 1 aliphatic rings. The van der Waals surface area contributed by atoms with E-state index in [1.807, 2.05) is 0 Å². The first-order valence-electron chi connectivity index (χ1n) is 5.86. The fourth-order valence-electron chi connectivity index (χ4n) is 2.51. The molecule has 1 aliphatic heterocycles. The minimum absolute atomic E-state index is 0.377. The molecule has 16 heavy (non-hydrogen) atoms. The van der Waals surface area contributed by atoms with Crippen molar-refractivity contribution in [3.63, 3.8) is 0 Å². The van der Waals surface area contributed by atoms with E-state index in [2.05, 4.69) is 52.9 Å². The molecule has 2 N–H and O–H groups in total. The summed E-state index contributed by atoms with van der Waals surface area (Å²) in [6.45, 7) is 5.51. The number of nitrogens with two attached hydrogens (primary N) is 1. The molecule has 0 bridgehead atoms. The highest BCUT2D eigenvalue weighted by atomic mass is 79.9. The lowest BCUT2D eigenvalue weighted by Gasteiger charge is -2.39. The van der Waals surface area contributed by atoms with Gasteiger partial charge >= 0.3 is 0 Å². The maximum Gasteiger partial charge on any atom is 0.0399 e. The molecule has 0 radical (unpaired) electrons. The van der Waals surface area contributed by atoms with Gasteiger partial charge in [-0.3, -0.25) is 0 Å². The average molecular weight is 283 g/mol. The van der Waals surface area contributed by atoms with Crippen LogP contribution in [0.15, 0.2) is 22.7 Å². The molecule has 1 fully saturated rings. The van der Waals surface area contributed by atoms with E-state index in [0.29, 0.717) is 12.1 Å². The fourth-order valence-corrected chi connectivity index (χ4v) is 2.98. The third-order valence-electron chi connectivity index (χ3n) is 3.38. The highest BCUT2D eigenvalue weighted by Gasteiger charge is 2.24. The molecule has 1 aromatic rings. The third-order valence-corrected chi connectivity index (χ3v) is 3.88. The van der Waals surface area contributed by atoms with Crippen molar-refractivity contribution in [2.24, 2.45) is 5.73 Å². The topological polar surface area (TPSA) is 29.3 Å². The predicted molar refractivity (Wildman–Crippen MR) is 72.9 cm³/mol. The zero-order valence-corrected chi connectivity index (χ0v) is 11.5. The number of hydrogen-bond donors (Lipinski definition) is 1. The Morgan fingerprint density at radius 3 is 2.81 bits per heavy atom. The van der Waals surface area contributed by atoms with Crippen LogP contribution in [0.3, 0.4) is 0 Å². The van der Waals surface area contributed by atoms with E-state index in [0.717, 1.165) is 23.9 Å². The predicted octanol–water partition coefficient (Wildman–Crippen LogP) is 3.07. The van der Waals surface area contributed by atoms with Crippen LogP contribution in [0, 0.1) is 6.92 Å². The summed E-state index contributed by atoms with van der Waals surface area (Å²) in [5.74, 6) is 0. The lowest BCUT2D eigenvalue weighted by Crippen LogP contribution is -2.45. The maximum absolute atomic E-state index is 5.99. The van der Waals surface area contributed by atoms with Gasteiger partial charge in [0.25, 0.3) is 0 Å². The standard InChI is InChI=1S/C13H19BrN2/c1-9-7-11(14)3-4-13(9)16-6-5-12(15)8-10(16)2/h3-4,7,10,12H,5-6,8,15H2,1-2H3. The quantitative estimate of drug-likeness (QED) is 0.858. The Bertz CT molecular complexity index is 378. The lowest BCUT2D eigenvalue weighted by molar-refractivity contribution is 0.429. The number of nitrogens with zero attached hydrogens (tertiary/aromatic N) is 1. The van der Waals surface area contributed by atoms with Gasteiger partial charge in [0, 0.05) is 28.8 Å². The molecule has 2 unspecified atom stereocenters. The smallest absolute Gasteiger partial charge is 0.0399 e. The van der Waals surface area contributed by atoms with Crippen LogP contribution in [0.1, 0.15) is 25.3 Å². The van der Waals surface area contributed by atoms with Crippen LogP contribution in [-0.2, 0) is 0 Å². The first kappa shape index (κ1) is 11.9. The van der Waals surface area contributed by atoms with E-state index in [9.17, 15) is 0 Å². The van der Waals surface area contributed by atoms with E-state index in [4.69, 9.17) is 5.73 Å². The van der Waals surface area contributed by atoms with Crippen molar-refractivity contribution in [1.82, 2.24) is 0 Å². The minimum Gasteiger partial charge on any atom is -0.368 e. The number of benzene rings is 1. The molecular weight excluding hydrogens is 264 g/mol. The lowest BCUT2D eigenvalue weighted by atomic mass is 9.97. The molecule has 2 nitrogen and oxygen atoms in total. The molecule has 88 valence electrons. The Kier molecular flexibility index (Phi) is 3.55. The van der Waals surface area contributed by atoms with Gasteiger partial charge in [0.1, 0.15) is 0 Å². The highest BCUT2D eigenvalue weighted by molar-refractivity contribution is 9.10. The summed E-state index contributed by atoms with van der Waals surface area (Å²) >= 11 is 3.51. The Morgan fingerprint density at radius 2 is 2.19 bits per heavy atom. The van der Waals surface area contributed by atoms with E-state index < -0.39 is 0 Å². The Hall–Kier alpha value is -0.540. The summed E-state index contributed by atoms with van der Waals surface area (Å²) in [6.07, 6.45) is 2.19. The Balaban J connectivity index is 2.23. The van der Waals surface area contributed by atoms with Crippen LogP contribution >= 0.6 is 15.9 Å². The summed E-state index contributed by atoms with van der Waals surface area (Å²) in [4.78, 5) is 2.48. The van der Waals surface area contributed by atoms with Gasteiger partial charge in [0.05, 0.1) is 0 Å². The molecule has 1 aromatic carbocycles. The molecule has 2 rings (SSSR count). The van der Waals surface area contributed by atoms with Crippen molar-refractivity contribution in [3.05, 3.63) is 28.2 Å². The van der Waals surface area contributed by atoms with Crippen LogP contribution < -0.4 is 10.6 Å². The molecule has 0 aromatic heterocycles. The van der Waals surface area contributed by atoms with Crippen LogP contribution in [-0.4, -0.2) is 18.6 Å². The van der Waals surface area contributed by atoms with Gasteiger partial charge in [0.2, 0.25) is 0 Å². The van der Waals surface area contributed by atoms with Gasteiger partial charge in [-0.25, -0.2) is 0 Å². The SMILES string of the molecule is Cc1cc(Br)ccc1N1CCC(N)CC1C. The molecule has 0 spiro atoms. The number of halogens is 1. The summed E-state index contributed by atoms with van der Waals surface area (Å²) < 4.78 is 1.15. The van der Waals surface area contributed by atoms with Crippen molar-refractivity contribution >= 4 is 21.6 Å². The highest BCUT2D eigenvalue weighted by Crippen LogP contribution is 2.29.